The summed E-state index contributed by atoms with van der Waals surface area (Å²) in [7, 11) is 0. The van der Waals surface area contributed by atoms with Crippen LogP contribution in [0.4, 0.5) is 5.69 Å². The molecule has 0 saturated carbocycles. The van der Waals surface area contributed by atoms with Gasteiger partial charge in [0, 0.05) is 50.6 Å². The van der Waals surface area contributed by atoms with Crippen LogP contribution in [0.1, 0.15) is 44.9 Å². The lowest BCUT2D eigenvalue weighted by atomic mass is 9.94. The first-order chi connectivity index (χ1) is 20.8. The second kappa shape index (κ2) is 12.0. The summed E-state index contributed by atoms with van der Waals surface area (Å²) in [5, 5.41) is 5.60. The number of aromatic nitrogens is 1. The number of carbonyl (C=O) groups is 5. The molecule has 2 unspecified atom stereocenters. The molecule has 1 aliphatic carbocycles. The number of amides is 5. The molecule has 0 spiro atoms. The minimum Gasteiger partial charge on any atom is -0.406 e. The highest BCUT2D eigenvalue weighted by Crippen LogP contribution is 2.32. The van der Waals surface area contributed by atoms with Crippen molar-refractivity contribution in [2.45, 2.75) is 57.0 Å². The number of piperazine rings is 1. The zero-order chi connectivity index (χ0) is 30.1. The molecule has 0 bridgehead atoms. The molecular formula is C30H34N6O7. The Balaban J connectivity index is 0.928. The maximum atomic E-state index is 13.3. The van der Waals surface area contributed by atoms with Crippen molar-refractivity contribution >= 4 is 46.3 Å². The third-order valence-electron chi connectivity index (χ3n) is 8.57. The zero-order valence-corrected chi connectivity index (χ0v) is 23.7. The van der Waals surface area contributed by atoms with Gasteiger partial charge >= 0.3 is 5.76 Å². The number of H-pyrrole nitrogens is 1. The normalized spacial score (nSPS) is 22.6. The second-order valence-corrected chi connectivity index (χ2v) is 11.3. The van der Waals surface area contributed by atoms with Crippen LogP contribution in [0.2, 0.25) is 0 Å². The first-order valence-corrected chi connectivity index (χ1v) is 14.8. The van der Waals surface area contributed by atoms with Crippen molar-refractivity contribution < 1.29 is 28.4 Å². The van der Waals surface area contributed by atoms with Gasteiger partial charge in [-0.2, -0.15) is 0 Å². The summed E-state index contributed by atoms with van der Waals surface area (Å²) in [5.74, 6) is -2.36. The van der Waals surface area contributed by atoms with Gasteiger partial charge in [0.1, 0.15) is 6.04 Å². The molecule has 13 nitrogen and oxygen atoms in total. The van der Waals surface area contributed by atoms with E-state index >= 15 is 0 Å². The van der Waals surface area contributed by atoms with Gasteiger partial charge in [-0.1, -0.05) is 24.6 Å². The molecule has 2 fully saturated rings. The average molecular weight is 591 g/mol. The molecular weight excluding hydrogens is 556 g/mol. The Bertz CT molecular complexity index is 1600. The maximum absolute atomic E-state index is 13.3. The molecule has 0 radical (unpaired) electrons. The molecule has 3 N–H and O–H groups in total. The monoisotopic (exact) mass is 590 g/mol. The average Bonchev–Trinajstić information content (AvgIpc) is 3.51. The van der Waals surface area contributed by atoms with Gasteiger partial charge < -0.3 is 19.5 Å². The topological polar surface area (TPSA) is 165 Å². The lowest BCUT2D eigenvalue weighted by Crippen LogP contribution is -2.55. The van der Waals surface area contributed by atoms with E-state index < -0.39 is 35.4 Å². The fourth-order valence-electron chi connectivity index (χ4n) is 6.33. The molecule has 5 amide bonds. The number of nitrogens with one attached hydrogen (secondary N) is 3. The summed E-state index contributed by atoms with van der Waals surface area (Å²) in [6, 6.07) is 4.27. The second-order valence-electron chi connectivity index (χ2n) is 11.3. The first kappa shape index (κ1) is 28.6. The van der Waals surface area contributed by atoms with E-state index in [4.69, 9.17) is 4.42 Å². The SMILES string of the molecule is O=C1CCC(N2C(=O)C3=C(C2=O)C(NCCCCCC(=O)N2CCN(c4cccc5[nH]c(=O)oc45)CC2)CC=C3)C(=O)N1. The summed E-state index contributed by atoms with van der Waals surface area (Å²) in [4.78, 5) is 82.2. The van der Waals surface area contributed by atoms with E-state index in [2.05, 4.69) is 20.5 Å². The number of anilines is 1. The Morgan fingerprint density at radius 3 is 2.60 bits per heavy atom. The van der Waals surface area contributed by atoms with Gasteiger partial charge in [-0.05, 0) is 44.4 Å². The van der Waals surface area contributed by atoms with Crippen molar-refractivity contribution in [2.24, 2.45) is 0 Å². The number of aromatic amines is 1. The number of fused-ring (bicyclic) bond motifs is 1. The van der Waals surface area contributed by atoms with Crippen molar-refractivity contribution in [1.29, 1.82) is 0 Å². The molecule has 2 saturated heterocycles. The van der Waals surface area contributed by atoms with E-state index in [-0.39, 0.29) is 24.8 Å². The Hall–Kier alpha value is -4.52. The lowest BCUT2D eigenvalue weighted by Gasteiger charge is -2.36. The number of hydrogen-bond acceptors (Lipinski definition) is 9. The molecule has 4 aliphatic rings. The molecule has 2 aromatic rings. The summed E-state index contributed by atoms with van der Waals surface area (Å²) < 4.78 is 5.32. The van der Waals surface area contributed by atoms with Crippen molar-refractivity contribution in [1.82, 2.24) is 25.4 Å². The largest absolute Gasteiger partial charge is 0.417 e. The summed E-state index contributed by atoms with van der Waals surface area (Å²) in [6.07, 6.45) is 7.09. The predicted octanol–water partition coefficient (Wildman–Crippen LogP) is 0.719. The zero-order valence-electron chi connectivity index (χ0n) is 23.7. The fourth-order valence-corrected chi connectivity index (χ4v) is 6.33. The van der Waals surface area contributed by atoms with E-state index in [1.165, 1.54) is 0 Å². The number of imide groups is 2. The smallest absolute Gasteiger partial charge is 0.406 e. The van der Waals surface area contributed by atoms with E-state index in [1.807, 2.05) is 23.1 Å². The van der Waals surface area contributed by atoms with Gasteiger partial charge in [-0.15, -0.1) is 0 Å². The van der Waals surface area contributed by atoms with Crippen molar-refractivity contribution in [3.63, 3.8) is 0 Å². The van der Waals surface area contributed by atoms with Gasteiger partial charge in [0.25, 0.3) is 11.8 Å². The van der Waals surface area contributed by atoms with Gasteiger partial charge in [0.15, 0.2) is 5.58 Å². The van der Waals surface area contributed by atoms with Crippen LogP contribution in [-0.4, -0.2) is 89.1 Å². The van der Waals surface area contributed by atoms with Crippen molar-refractivity contribution in [3.05, 3.63) is 52.0 Å². The number of hydrogen-bond donors (Lipinski definition) is 3. The molecule has 4 heterocycles. The van der Waals surface area contributed by atoms with Crippen LogP contribution in [0.5, 0.6) is 0 Å². The molecule has 6 rings (SSSR count). The number of carbonyl (C=O) groups excluding carboxylic acids is 5. The molecule has 3 aliphatic heterocycles. The molecule has 43 heavy (non-hydrogen) atoms. The standard InChI is InChI=1S/C30H34N6O7/c37-23-12-11-22(27(39)33-23)36-28(40)18-6-4-7-19(25(18)29(36)41)31-13-3-1-2-10-24(38)35-16-14-34(15-17-35)21-9-5-8-20-26(21)43-30(42)32-20/h4-6,8-9,19,22,31H,1-3,7,10-17H2,(H,32,42)(H,33,37,39). The van der Waals surface area contributed by atoms with Crippen LogP contribution < -0.4 is 21.3 Å². The van der Waals surface area contributed by atoms with Crippen molar-refractivity contribution in [3.8, 4) is 0 Å². The molecule has 2 atom stereocenters. The Kier molecular flexibility index (Phi) is 7.98. The van der Waals surface area contributed by atoms with Crippen LogP contribution in [0, 0.1) is 0 Å². The highest BCUT2D eigenvalue weighted by atomic mass is 16.4. The quantitative estimate of drug-likeness (QED) is 0.282. The third-order valence-corrected chi connectivity index (χ3v) is 8.57. The van der Waals surface area contributed by atoms with E-state index in [1.54, 1.807) is 12.1 Å². The van der Waals surface area contributed by atoms with E-state index in [9.17, 15) is 28.8 Å². The number of benzene rings is 1. The van der Waals surface area contributed by atoms with Crippen molar-refractivity contribution in [2.75, 3.05) is 37.6 Å². The molecule has 13 heteroatoms. The van der Waals surface area contributed by atoms with E-state index in [0.717, 1.165) is 29.8 Å². The summed E-state index contributed by atoms with van der Waals surface area (Å²) >= 11 is 0. The van der Waals surface area contributed by atoms with Gasteiger partial charge in [0.2, 0.25) is 17.7 Å². The molecule has 1 aromatic carbocycles. The number of para-hydroxylation sites is 1. The third kappa shape index (κ3) is 5.64. The minimum atomic E-state index is -0.978. The Morgan fingerprint density at radius 1 is 1.00 bits per heavy atom. The van der Waals surface area contributed by atoms with Gasteiger partial charge in [-0.3, -0.25) is 39.2 Å². The maximum Gasteiger partial charge on any atom is 0.417 e. The highest BCUT2D eigenvalue weighted by Gasteiger charge is 2.47. The molecule has 226 valence electrons. The Morgan fingerprint density at radius 2 is 1.81 bits per heavy atom. The number of oxazole rings is 1. The van der Waals surface area contributed by atoms with Crippen LogP contribution in [-0.2, 0) is 24.0 Å². The van der Waals surface area contributed by atoms with E-state index in [0.29, 0.717) is 67.8 Å². The highest BCUT2D eigenvalue weighted by molar-refractivity contribution is 6.23. The number of piperidine rings is 1. The van der Waals surface area contributed by atoms with Crippen LogP contribution >= 0.6 is 0 Å². The number of nitrogens with zero attached hydrogens (tertiary/aromatic N) is 3. The first-order valence-electron chi connectivity index (χ1n) is 14.8. The molecule has 1 aromatic heterocycles. The summed E-state index contributed by atoms with van der Waals surface area (Å²) in [6.45, 7) is 3.11. The lowest BCUT2D eigenvalue weighted by molar-refractivity contribution is -0.150. The van der Waals surface area contributed by atoms with Crippen LogP contribution in [0.25, 0.3) is 11.1 Å². The van der Waals surface area contributed by atoms with Gasteiger partial charge in [-0.25, -0.2) is 4.79 Å². The number of unbranched alkanes of at least 4 members (excludes halogenated alkanes) is 2. The number of rotatable bonds is 9. The minimum absolute atomic E-state index is 0.0835. The predicted molar refractivity (Wildman–Crippen MR) is 155 cm³/mol. The van der Waals surface area contributed by atoms with Crippen LogP contribution in [0.3, 0.4) is 0 Å². The van der Waals surface area contributed by atoms with Crippen LogP contribution in [0.15, 0.2) is 50.7 Å². The Labute approximate surface area is 246 Å². The summed E-state index contributed by atoms with van der Waals surface area (Å²) in [5.41, 5.74) is 2.72. The van der Waals surface area contributed by atoms with Gasteiger partial charge in [0.05, 0.1) is 16.8 Å². The fraction of sp³-hybridized carbons (Fsp3) is 0.467.